The van der Waals surface area contributed by atoms with Crippen LogP contribution in [0.2, 0.25) is 0 Å². The summed E-state index contributed by atoms with van der Waals surface area (Å²) in [5, 5.41) is 19.0. The van der Waals surface area contributed by atoms with Crippen molar-refractivity contribution in [3.8, 4) is 0 Å². The molecule has 0 fully saturated rings. The van der Waals surface area contributed by atoms with E-state index in [0.29, 0.717) is 0 Å². The first-order chi connectivity index (χ1) is 3.85. The van der Waals surface area contributed by atoms with Crippen LogP contribution < -0.4 is 113 Å². The average molecular weight is 216 g/mol. The summed E-state index contributed by atoms with van der Waals surface area (Å²) in [5.74, 6) is 0. The van der Waals surface area contributed by atoms with E-state index < -0.39 is 18.8 Å². The van der Waals surface area contributed by atoms with E-state index in [1.807, 2.05) is 0 Å². The zero-order valence-corrected chi connectivity index (χ0v) is 12.5. The van der Waals surface area contributed by atoms with Crippen molar-refractivity contribution in [2.45, 2.75) is 6.18 Å². The van der Waals surface area contributed by atoms with Crippen molar-refractivity contribution in [2.24, 2.45) is 0 Å². The fourth-order valence-corrected chi connectivity index (χ4v) is 0.134. The fraction of sp³-hybridized carbons (Fsp3) is 0.333. The normalized spacial score (nSPS) is 9.18. The smallest absolute Gasteiger partial charge is 0.889 e. The van der Waals surface area contributed by atoms with Crippen molar-refractivity contribution in [3.05, 3.63) is 12.1 Å². The minimum atomic E-state index is -4.84. The molecule has 0 aromatic rings. The molecule has 0 aromatic carbocycles. The molecule has 0 saturated carbocycles. The minimum absolute atomic E-state index is 0. The second-order valence-corrected chi connectivity index (χ2v) is 1.35. The Morgan fingerprint density at radius 1 is 1.18 bits per heavy atom. The van der Waals surface area contributed by atoms with Crippen molar-refractivity contribution in [3.63, 3.8) is 0 Å². The summed E-state index contributed by atoms with van der Waals surface area (Å²) in [4.78, 5) is 0. The van der Waals surface area contributed by atoms with Gasteiger partial charge in [0.2, 0.25) is 0 Å². The molecule has 52 valence electrons. The van der Waals surface area contributed by atoms with Crippen LogP contribution in [0.1, 0.15) is 0 Å². The van der Waals surface area contributed by atoms with Gasteiger partial charge in [0.05, 0.1) is 0 Å². The molecule has 0 saturated heterocycles. The first-order valence-corrected chi connectivity index (χ1v) is 1.93. The Kier molecular flexibility index (Phi) is 14.3. The number of hydrogen-bond donors (Lipinski definition) is 0. The van der Waals surface area contributed by atoms with E-state index in [4.69, 9.17) is 0 Å². The van der Waals surface area contributed by atoms with Crippen LogP contribution in [-0.4, -0.2) is 13.3 Å². The van der Waals surface area contributed by atoms with Gasteiger partial charge in [-0.2, -0.15) is 13.2 Å². The maximum Gasteiger partial charge on any atom is 1.00 e. The first kappa shape index (κ1) is 19.4. The number of alkyl halides is 3. The summed E-state index contributed by atoms with van der Waals surface area (Å²) >= 11 is 0. The van der Waals surface area contributed by atoms with Gasteiger partial charge in [0, 0.05) is 0 Å². The van der Waals surface area contributed by atoms with Crippen LogP contribution >= 0.6 is 0 Å². The Balaban J connectivity index is -0.000000320. The van der Waals surface area contributed by atoms with Crippen LogP contribution in [0.4, 0.5) is 13.2 Å². The van der Waals surface area contributed by atoms with Crippen LogP contribution in [0.3, 0.4) is 0 Å². The molecule has 8 heteroatoms. The molecule has 0 rings (SSSR count). The summed E-state index contributed by atoms with van der Waals surface area (Å²) in [6.45, 7) is 2.28. The van der Waals surface area contributed by atoms with E-state index in [2.05, 4.69) is 6.58 Å². The van der Waals surface area contributed by atoms with Gasteiger partial charge in [-0.1, -0.05) is 12.6 Å². The fourth-order valence-electron chi connectivity index (χ4n) is 0.134. The number of hydrogen-bond acceptors (Lipinski definition) is 2. The molecule has 0 heterocycles. The molecular formula is C3H2BF3K2O2. The molecule has 0 spiro atoms. The van der Waals surface area contributed by atoms with Crippen LogP contribution in [0.15, 0.2) is 12.1 Å². The molecule has 0 aliphatic carbocycles. The van der Waals surface area contributed by atoms with E-state index in [1.54, 1.807) is 0 Å². The van der Waals surface area contributed by atoms with Gasteiger partial charge in [-0.15, -0.1) is 6.58 Å². The zero-order chi connectivity index (χ0) is 7.65. The minimum Gasteiger partial charge on any atom is -0.889 e. The first-order valence-electron chi connectivity index (χ1n) is 1.93. The second kappa shape index (κ2) is 8.13. The third kappa shape index (κ3) is 9.10. The summed E-state index contributed by atoms with van der Waals surface area (Å²) in [5.41, 5.74) is -1.78. The zero-order valence-electron chi connectivity index (χ0n) is 6.23. The molecule has 0 radical (unpaired) electrons. The molecule has 11 heavy (non-hydrogen) atoms. The number of rotatable bonds is 1. The Morgan fingerprint density at radius 3 is 1.45 bits per heavy atom. The SMILES string of the molecule is C=C(B([O-])[O-])C(F)(F)F.[K+].[K+]. The molecule has 0 unspecified atom stereocenters. The van der Waals surface area contributed by atoms with Crippen molar-refractivity contribution in [1.29, 1.82) is 0 Å². The van der Waals surface area contributed by atoms with Gasteiger partial charge >= 0.3 is 109 Å². The van der Waals surface area contributed by atoms with E-state index in [-0.39, 0.29) is 103 Å². The molecule has 0 atom stereocenters. The molecular weight excluding hydrogens is 214 g/mol. The molecule has 0 aromatic heterocycles. The Bertz CT molecular complexity index is 126. The van der Waals surface area contributed by atoms with Crippen LogP contribution in [0.25, 0.3) is 0 Å². The number of allylic oxidation sites excluding steroid dienone is 1. The Morgan fingerprint density at radius 2 is 1.45 bits per heavy atom. The van der Waals surface area contributed by atoms with Gasteiger partial charge in [0.25, 0.3) is 0 Å². The summed E-state index contributed by atoms with van der Waals surface area (Å²) < 4.78 is 33.6. The van der Waals surface area contributed by atoms with E-state index in [1.165, 1.54) is 0 Å². The Hall–Kier alpha value is 2.79. The molecule has 2 nitrogen and oxygen atoms in total. The van der Waals surface area contributed by atoms with Crippen molar-refractivity contribution >= 4 is 7.12 Å². The van der Waals surface area contributed by atoms with Crippen molar-refractivity contribution in [1.82, 2.24) is 0 Å². The van der Waals surface area contributed by atoms with E-state index >= 15 is 0 Å². The quantitative estimate of drug-likeness (QED) is 0.409. The summed E-state index contributed by atoms with van der Waals surface area (Å²) in [6.07, 6.45) is -4.84. The average Bonchev–Trinajstić information content (AvgIpc) is 1.62. The molecule has 0 aliphatic rings. The predicted molar refractivity (Wildman–Crippen MR) is 20.9 cm³/mol. The second-order valence-electron chi connectivity index (χ2n) is 1.35. The van der Waals surface area contributed by atoms with Gasteiger partial charge in [0.15, 0.2) is 0 Å². The van der Waals surface area contributed by atoms with Gasteiger partial charge in [-0.25, -0.2) is 0 Å². The van der Waals surface area contributed by atoms with Crippen molar-refractivity contribution in [2.75, 3.05) is 0 Å². The third-order valence-electron chi connectivity index (χ3n) is 0.649. The summed E-state index contributed by atoms with van der Waals surface area (Å²) in [7, 11) is -3.01. The van der Waals surface area contributed by atoms with Crippen LogP contribution in [-0.2, 0) is 0 Å². The maximum absolute atomic E-state index is 11.2. The Labute approximate surface area is 148 Å². The van der Waals surface area contributed by atoms with Gasteiger partial charge in [0.1, 0.15) is 0 Å². The monoisotopic (exact) mass is 216 g/mol. The van der Waals surface area contributed by atoms with Gasteiger partial charge in [-0.05, 0) is 0 Å². The largest absolute Gasteiger partial charge is 1.00 e. The van der Waals surface area contributed by atoms with E-state index in [0.717, 1.165) is 0 Å². The van der Waals surface area contributed by atoms with Crippen molar-refractivity contribution < 1.29 is 126 Å². The van der Waals surface area contributed by atoms with Crippen LogP contribution in [0.5, 0.6) is 0 Å². The molecule has 0 aliphatic heterocycles. The molecule has 0 amide bonds. The topological polar surface area (TPSA) is 46.1 Å². The maximum atomic E-state index is 11.2. The van der Waals surface area contributed by atoms with Gasteiger partial charge < -0.3 is 10.0 Å². The van der Waals surface area contributed by atoms with E-state index in [9.17, 15) is 23.2 Å². The van der Waals surface area contributed by atoms with Crippen LogP contribution in [0, 0.1) is 0 Å². The standard InChI is InChI=1S/C3H2BF3O2.2K/c1-2(4(8)9)3(5,6)7;;/h1H2;;/q-2;2*+1. The molecule has 0 bridgehead atoms. The predicted octanol–water partition coefficient (Wildman–Crippen LogP) is -7.14. The number of halogens is 3. The third-order valence-corrected chi connectivity index (χ3v) is 0.649. The summed E-state index contributed by atoms with van der Waals surface area (Å²) in [6, 6.07) is 0. The molecule has 0 N–H and O–H groups in total. The van der Waals surface area contributed by atoms with Gasteiger partial charge in [-0.3, -0.25) is 0 Å².